The number of hydrogen-bond donors (Lipinski definition) is 3. The SMILES string of the molecule is O=C(CC1CC1)N[C@@H]1CN(Cc2ccccn2)C[C@@H]2CCCO[C@@H]21.O=C(O)C(F)(F)F.O=C(O)C(F)(F)F. The molecule has 0 bridgehead atoms. The molecule has 1 aliphatic carbocycles. The Bertz CT molecular complexity index is 902. The molecule has 1 saturated carbocycles. The second-order valence-corrected chi connectivity index (χ2v) is 9.18. The van der Waals surface area contributed by atoms with Gasteiger partial charge in [0.25, 0.3) is 0 Å². The number of carbonyl (C=O) groups is 3. The van der Waals surface area contributed by atoms with Crippen molar-refractivity contribution in [2.24, 2.45) is 11.8 Å². The number of alkyl halides is 6. The number of carboxylic acid groups (broad SMARTS) is 2. The van der Waals surface area contributed by atoms with Gasteiger partial charge in [-0.1, -0.05) is 6.07 Å². The molecule has 1 amide bonds. The lowest BCUT2D eigenvalue weighted by molar-refractivity contribution is -0.193. The van der Waals surface area contributed by atoms with Gasteiger partial charge < -0.3 is 20.3 Å². The van der Waals surface area contributed by atoms with E-state index in [1.807, 2.05) is 18.3 Å². The van der Waals surface area contributed by atoms with Crippen LogP contribution in [-0.2, 0) is 25.7 Å². The molecule has 1 aromatic heterocycles. The zero-order valence-corrected chi connectivity index (χ0v) is 20.2. The minimum atomic E-state index is -5.08. The molecule has 3 heterocycles. The summed E-state index contributed by atoms with van der Waals surface area (Å²) in [5.41, 5.74) is 1.09. The summed E-state index contributed by atoms with van der Waals surface area (Å²) in [5, 5.41) is 17.5. The molecular weight excluding hydrogens is 528 g/mol. The lowest BCUT2D eigenvalue weighted by atomic mass is 9.85. The van der Waals surface area contributed by atoms with Gasteiger partial charge in [-0.15, -0.1) is 0 Å². The highest BCUT2D eigenvalue weighted by molar-refractivity contribution is 5.77. The molecule has 2 aliphatic heterocycles. The molecule has 15 heteroatoms. The molecule has 3 aliphatic rings. The summed E-state index contributed by atoms with van der Waals surface area (Å²) < 4.78 is 69.5. The maximum absolute atomic E-state index is 12.3. The van der Waals surface area contributed by atoms with E-state index in [0.29, 0.717) is 18.3 Å². The molecule has 0 unspecified atom stereocenters. The highest BCUT2D eigenvalue weighted by Crippen LogP contribution is 2.33. The largest absolute Gasteiger partial charge is 0.490 e. The van der Waals surface area contributed by atoms with E-state index in [1.165, 1.54) is 19.3 Å². The molecule has 38 heavy (non-hydrogen) atoms. The van der Waals surface area contributed by atoms with E-state index in [2.05, 4.69) is 21.3 Å². The Morgan fingerprint density at radius 2 is 1.61 bits per heavy atom. The predicted molar refractivity (Wildman–Crippen MR) is 119 cm³/mol. The molecule has 3 atom stereocenters. The number of amides is 1. The second-order valence-electron chi connectivity index (χ2n) is 9.18. The van der Waals surface area contributed by atoms with Crippen LogP contribution in [0.1, 0.15) is 37.8 Å². The molecule has 9 nitrogen and oxygen atoms in total. The smallest absolute Gasteiger partial charge is 0.475 e. The first-order valence-electron chi connectivity index (χ1n) is 11.8. The number of carbonyl (C=O) groups excluding carboxylic acids is 1. The number of halogens is 6. The normalized spacial score (nSPS) is 23.5. The van der Waals surface area contributed by atoms with E-state index in [9.17, 15) is 31.1 Å². The number of rotatable bonds is 5. The summed E-state index contributed by atoms with van der Waals surface area (Å²) in [6.45, 7) is 3.57. The Balaban J connectivity index is 0.000000301. The van der Waals surface area contributed by atoms with E-state index >= 15 is 0 Å². The summed E-state index contributed by atoms with van der Waals surface area (Å²) in [7, 11) is 0. The first kappa shape index (κ1) is 31.3. The van der Waals surface area contributed by atoms with E-state index in [4.69, 9.17) is 24.5 Å². The number of aliphatic carboxylic acids is 2. The average molecular weight is 557 g/mol. The number of fused-ring (bicyclic) bond motifs is 1. The fourth-order valence-corrected chi connectivity index (χ4v) is 4.12. The number of piperidine rings is 1. The predicted octanol–water partition coefficient (Wildman–Crippen LogP) is 3.24. The third-order valence-corrected chi connectivity index (χ3v) is 5.95. The van der Waals surface area contributed by atoms with Crippen LogP contribution in [0.4, 0.5) is 26.3 Å². The number of nitrogens with one attached hydrogen (secondary N) is 1. The van der Waals surface area contributed by atoms with Crippen molar-refractivity contribution in [3.05, 3.63) is 30.1 Å². The number of pyridine rings is 1. The molecule has 3 N–H and O–H groups in total. The molecule has 1 aromatic rings. The zero-order chi connectivity index (χ0) is 28.5. The quantitative estimate of drug-likeness (QED) is 0.471. The van der Waals surface area contributed by atoms with E-state index in [-0.39, 0.29) is 18.1 Å². The van der Waals surface area contributed by atoms with Gasteiger partial charge in [0.05, 0.1) is 17.8 Å². The average Bonchev–Trinajstić information content (AvgIpc) is 3.63. The van der Waals surface area contributed by atoms with Crippen molar-refractivity contribution in [1.82, 2.24) is 15.2 Å². The van der Waals surface area contributed by atoms with Crippen LogP contribution in [0, 0.1) is 11.8 Å². The molecule has 0 radical (unpaired) electrons. The van der Waals surface area contributed by atoms with Gasteiger partial charge in [-0.3, -0.25) is 14.7 Å². The van der Waals surface area contributed by atoms with Crippen molar-refractivity contribution >= 4 is 17.8 Å². The minimum Gasteiger partial charge on any atom is -0.475 e. The van der Waals surface area contributed by atoms with Crippen molar-refractivity contribution in [3.63, 3.8) is 0 Å². The Labute approximate surface area is 214 Å². The third kappa shape index (κ3) is 11.2. The van der Waals surface area contributed by atoms with Crippen LogP contribution in [0.3, 0.4) is 0 Å². The maximum Gasteiger partial charge on any atom is 0.490 e. The fraction of sp³-hybridized carbons (Fsp3) is 0.652. The van der Waals surface area contributed by atoms with Gasteiger partial charge in [0.2, 0.25) is 5.91 Å². The monoisotopic (exact) mass is 557 g/mol. The van der Waals surface area contributed by atoms with Crippen LogP contribution < -0.4 is 5.32 Å². The number of aromatic nitrogens is 1. The molecule has 2 saturated heterocycles. The van der Waals surface area contributed by atoms with E-state index in [0.717, 1.165) is 38.4 Å². The van der Waals surface area contributed by atoms with Gasteiger partial charge in [0.15, 0.2) is 0 Å². The Hall–Kier alpha value is -2.94. The van der Waals surface area contributed by atoms with Crippen molar-refractivity contribution in [2.75, 3.05) is 19.7 Å². The van der Waals surface area contributed by atoms with Crippen LogP contribution >= 0.6 is 0 Å². The summed E-state index contributed by atoms with van der Waals surface area (Å²) >= 11 is 0. The molecule has 0 aromatic carbocycles. The fourth-order valence-electron chi connectivity index (χ4n) is 4.12. The Morgan fingerprint density at radius 3 is 2.11 bits per heavy atom. The lowest BCUT2D eigenvalue weighted by Gasteiger charge is -2.46. The van der Waals surface area contributed by atoms with Crippen molar-refractivity contribution < 1.29 is 55.7 Å². The molecule has 214 valence electrons. The van der Waals surface area contributed by atoms with Crippen molar-refractivity contribution in [1.29, 1.82) is 0 Å². The molecular formula is C23H29F6N3O6. The van der Waals surface area contributed by atoms with Gasteiger partial charge in [0.1, 0.15) is 0 Å². The maximum atomic E-state index is 12.3. The number of nitrogens with zero attached hydrogens (tertiary/aromatic N) is 2. The van der Waals surface area contributed by atoms with E-state index in [1.54, 1.807) is 0 Å². The highest BCUT2D eigenvalue weighted by atomic mass is 19.4. The number of ether oxygens (including phenoxy) is 1. The Kier molecular flexibility index (Phi) is 11.3. The third-order valence-electron chi connectivity index (χ3n) is 5.95. The zero-order valence-electron chi connectivity index (χ0n) is 20.2. The highest BCUT2D eigenvalue weighted by Gasteiger charge is 2.41. The summed E-state index contributed by atoms with van der Waals surface area (Å²) in [6.07, 6.45) is -2.70. The summed E-state index contributed by atoms with van der Waals surface area (Å²) in [4.78, 5) is 37.0. The lowest BCUT2D eigenvalue weighted by Crippen LogP contribution is -2.60. The van der Waals surface area contributed by atoms with Crippen LogP contribution in [-0.4, -0.2) is 82.1 Å². The van der Waals surface area contributed by atoms with Crippen LogP contribution in [0.2, 0.25) is 0 Å². The van der Waals surface area contributed by atoms with Gasteiger partial charge in [-0.25, -0.2) is 9.59 Å². The van der Waals surface area contributed by atoms with Crippen molar-refractivity contribution in [3.8, 4) is 0 Å². The summed E-state index contributed by atoms with van der Waals surface area (Å²) in [6, 6.07) is 6.17. The van der Waals surface area contributed by atoms with Gasteiger partial charge in [-0.05, 0) is 49.7 Å². The molecule has 4 rings (SSSR count). The topological polar surface area (TPSA) is 129 Å². The number of carboxylic acids is 2. The first-order valence-corrected chi connectivity index (χ1v) is 11.8. The van der Waals surface area contributed by atoms with Crippen molar-refractivity contribution in [2.45, 2.75) is 63.1 Å². The first-order chi connectivity index (χ1) is 17.7. The van der Waals surface area contributed by atoms with Gasteiger partial charge in [-0.2, -0.15) is 26.3 Å². The Morgan fingerprint density at radius 1 is 1.00 bits per heavy atom. The second kappa shape index (κ2) is 13.7. The molecule has 0 spiro atoms. The van der Waals surface area contributed by atoms with Crippen LogP contribution in [0.15, 0.2) is 24.4 Å². The minimum absolute atomic E-state index is 0.110. The van der Waals surface area contributed by atoms with Gasteiger partial charge >= 0.3 is 24.3 Å². The summed E-state index contributed by atoms with van der Waals surface area (Å²) in [5.74, 6) is -4.17. The van der Waals surface area contributed by atoms with Crippen LogP contribution in [0.25, 0.3) is 0 Å². The van der Waals surface area contributed by atoms with Gasteiger partial charge in [0, 0.05) is 38.9 Å². The molecule has 3 fully saturated rings. The number of likely N-dealkylation sites (tertiary alicyclic amines) is 1. The van der Waals surface area contributed by atoms with E-state index < -0.39 is 24.3 Å². The van der Waals surface area contributed by atoms with Crippen LogP contribution in [0.5, 0.6) is 0 Å². The standard InChI is InChI=1S/C19H27N3O2.2C2HF3O2/c23-18(10-14-6-7-14)21-17-13-22(12-16-5-1-2-8-20-16)11-15-4-3-9-24-19(15)17;2*3-2(4,5)1(6)7/h1-2,5,8,14-15,17,19H,3-4,6-7,9-13H2,(H,21,23);2*(H,6,7)/t15-,17+,19-;;/m0../s1. The number of hydrogen-bond acceptors (Lipinski definition) is 6.